The molecule has 6 unspecified atom stereocenters. The van der Waals surface area contributed by atoms with Gasteiger partial charge in [-0.3, -0.25) is 0 Å². The summed E-state index contributed by atoms with van der Waals surface area (Å²) in [5.74, 6) is 0. The highest BCUT2D eigenvalue weighted by Crippen LogP contribution is 2.36. The molecule has 0 aromatic rings. The minimum Gasteiger partial charge on any atom is -0.394 e. The fourth-order valence-corrected chi connectivity index (χ4v) is 3.84. The van der Waals surface area contributed by atoms with Gasteiger partial charge in [0.2, 0.25) is 0 Å². The Kier molecular flexibility index (Phi) is 22.5. The highest BCUT2D eigenvalue weighted by atomic mass is 19.1. The van der Waals surface area contributed by atoms with E-state index in [4.69, 9.17) is 43.4 Å². The molecule has 0 aliphatic rings. The topological polar surface area (TPSA) is 146 Å². The van der Waals surface area contributed by atoms with Gasteiger partial charge in [-0.1, -0.05) is 13.8 Å². The first-order chi connectivity index (χ1) is 20.3. The lowest BCUT2D eigenvalue weighted by molar-refractivity contribution is -0.187. The van der Waals surface area contributed by atoms with E-state index in [9.17, 15) is 14.6 Å². The van der Waals surface area contributed by atoms with Crippen LogP contribution in [0.3, 0.4) is 0 Å². The second-order valence-electron chi connectivity index (χ2n) is 11.7. The zero-order valence-corrected chi connectivity index (χ0v) is 27.3. The smallest absolute Gasteiger partial charge is 0.159 e. The van der Waals surface area contributed by atoms with Gasteiger partial charge in [0.1, 0.15) is 24.5 Å². The molecule has 0 fully saturated rings. The third kappa shape index (κ3) is 18.2. The summed E-state index contributed by atoms with van der Waals surface area (Å²) in [5, 5.41) is 37.0. The standard InChI is InChI=1S/C30H60F2O11/c1-7-27(3,9-13-37-19-25(35)20-38-15-11-33)43-24-29(5,32)30(6,8-2)42-14-10-28(4,23-31)41-18-17-40-22-26(36)21-39-16-12-34/h25-26,33-36H,7-24H2,1-6H3. The fraction of sp³-hybridized carbons (Fsp3) is 1.00. The van der Waals surface area contributed by atoms with Gasteiger partial charge < -0.3 is 53.6 Å². The minimum atomic E-state index is -1.86. The van der Waals surface area contributed by atoms with E-state index in [1.54, 1.807) is 13.8 Å². The van der Waals surface area contributed by atoms with E-state index in [0.717, 1.165) is 0 Å². The molecule has 0 radical (unpaired) electrons. The summed E-state index contributed by atoms with van der Waals surface area (Å²) in [7, 11) is 0. The number of aliphatic hydroxyl groups is 4. The van der Waals surface area contributed by atoms with Crippen LogP contribution in [0, 0.1) is 0 Å². The first kappa shape index (κ1) is 42.4. The van der Waals surface area contributed by atoms with Gasteiger partial charge in [0.15, 0.2) is 5.67 Å². The lowest BCUT2D eigenvalue weighted by Gasteiger charge is -2.42. The Morgan fingerprint density at radius 3 is 1.56 bits per heavy atom. The molecule has 260 valence electrons. The predicted octanol–water partition coefficient (Wildman–Crippen LogP) is 2.38. The van der Waals surface area contributed by atoms with E-state index in [-0.39, 0.29) is 85.7 Å². The van der Waals surface area contributed by atoms with Crippen LogP contribution < -0.4 is 0 Å². The number of ether oxygens (including phenoxy) is 7. The molecule has 0 heterocycles. The third-order valence-electron chi connectivity index (χ3n) is 7.72. The first-order valence-electron chi connectivity index (χ1n) is 15.3. The highest BCUT2D eigenvalue weighted by molar-refractivity contribution is 4.96. The second-order valence-corrected chi connectivity index (χ2v) is 11.7. The summed E-state index contributed by atoms with van der Waals surface area (Å²) in [5.41, 5.74) is -4.87. The zero-order valence-electron chi connectivity index (χ0n) is 27.3. The van der Waals surface area contributed by atoms with E-state index in [2.05, 4.69) is 0 Å². The number of hydrogen-bond donors (Lipinski definition) is 4. The van der Waals surface area contributed by atoms with Crippen LogP contribution in [0.2, 0.25) is 0 Å². The van der Waals surface area contributed by atoms with Crippen LogP contribution in [0.4, 0.5) is 8.78 Å². The van der Waals surface area contributed by atoms with Crippen molar-refractivity contribution in [3.63, 3.8) is 0 Å². The Morgan fingerprint density at radius 1 is 0.605 bits per heavy atom. The number of halogens is 2. The number of rotatable bonds is 30. The number of alkyl halides is 2. The first-order valence-corrected chi connectivity index (χ1v) is 15.3. The zero-order chi connectivity index (χ0) is 32.8. The Balaban J connectivity index is 4.69. The number of aliphatic hydroxyl groups excluding tert-OH is 4. The third-order valence-corrected chi connectivity index (χ3v) is 7.72. The van der Waals surface area contributed by atoms with Crippen molar-refractivity contribution in [1.29, 1.82) is 0 Å². The van der Waals surface area contributed by atoms with Crippen molar-refractivity contribution in [3.05, 3.63) is 0 Å². The molecule has 0 aromatic carbocycles. The largest absolute Gasteiger partial charge is 0.394 e. The molecular weight excluding hydrogens is 574 g/mol. The lowest BCUT2D eigenvalue weighted by Crippen LogP contribution is -2.53. The van der Waals surface area contributed by atoms with Crippen molar-refractivity contribution in [3.8, 4) is 0 Å². The highest BCUT2D eigenvalue weighted by Gasteiger charge is 2.47. The second kappa shape index (κ2) is 22.8. The summed E-state index contributed by atoms with van der Waals surface area (Å²) in [6.07, 6.45) is -0.00199. The Bertz CT molecular complexity index is 678. The van der Waals surface area contributed by atoms with Crippen LogP contribution in [-0.4, -0.2) is 148 Å². The molecule has 0 aliphatic heterocycles. The van der Waals surface area contributed by atoms with Crippen LogP contribution >= 0.6 is 0 Å². The molecule has 0 aromatic heterocycles. The van der Waals surface area contributed by atoms with Crippen molar-refractivity contribution in [1.82, 2.24) is 0 Å². The summed E-state index contributed by atoms with van der Waals surface area (Å²) >= 11 is 0. The fourth-order valence-electron chi connectivity index (χ4n) is 3.84. The molecule has 0 rings (SSSR count). The SMILES string of the molecule is CCC(C)(CCOCC(O)COCCO)OCC(C)(F)C(C)(CC)OCCC(C)(CF)OCCOCC(O)COCCO. The average Bonchev–Trinajstić information content (AvgIpc) is 2.98. The van der Waals surface area contributed by atoms with Gasteiger partial charge in [0.05, 0.1) is 90.5 Å². The molecule has 0 spiro atoms. The van der Waals surface area contributed by atoms with Gasteiger partial charge in [-0.2, -0.15) is 0 Å². The van der Waals surface area contributed by atoms with Crippen molar-refractivity contribution >= 4 is 0 Å². The molecule has 0 aliphatic carbocycles. The Hall–Kier alpha value is -0.580. The normalized spacial score (nSPS) is 19.3. The summed E-state index contributed by atoms with van der Waals surface area (Å²) in [6.45, 7) is 10.3. The van der Waals surface area contributed by atoms with Crippen molar-refractivity contribution in [2.24, 2.45) is 0 Å². The molecule has 11 nitrogen and oxygen atoms in total. The average molecular weight is 635 g/mol. The van der Waals surface area contributed by atoms with E-state index < -0.39 is 41.4 Å². The molecule has 6 atom stereocenters. The van der Waals surface area contributed by atoms with Crippen LogP contribution in [0.5, 0.6) is 0 Å². The summed E-state index contributed by atoms with van der Waals surface area (Å²) in [4.78, 5) is 0. The van der Waals surface area contributed by atoms with Gasteiger partial charge >= 0.3 is 0 Å². The van der Waals surface area contributed by atoms with Crippen LogP contribution in [0.25, 0.3) is 0 Å². The van der Waals surface area contributed by atoms with Gasteiger partial charge in [-0.15, -0.1) is 0 Å². The van der Waals surface area contributed by atoms with Gasteiger partial charge in [0, 0.05) is 13.0 Å². The summed E-state index contributed by atoms with van der Waals surface area (Å²) < 4.78 is 68.8. The molecule has 0 saturated carbocycles. The van der Waals surface area contributed by atoms with E-state index in [1.165, 1.54) is 6.92 Å². The van der Waals surface area contributed by atoms with Crippen LogP contribution in [-0.2, 0) is 33.2 Å². The molecule has 13 heteroatoms. The predicted molar refractivity (Wildman–Crippen MR) is 158 cm³/mol. The quantitative estimate of drug-likeness (QED) is 0.0865. The summed E-state index contributed by atoms with van der Waals surface area (Å²) in [6, 6.07) is 0. The molecular formula is C30H60F2O11. The monoisotopic (exact) mass is 634 g/mol. The van der Waals surface area contributed by atoms with E-state index >= 15 is 4.39 Å². The van der Waals surface area contributed by atoms with E-state index in [0.29, 0.717) is 25.9 Å². The molecule has 4 N–H and O–H groups in total. The van der Waals surface area contributed by atoms with Gasteiger partial charge in [0.25, 0.3) is 0 Å². The molecule has 0 bridgehead atoms. The maximum Gasteiger partial charge on any atom is 0.159 e. The van der Waals surface area contributed by atoms with Crippen molar-refractivity contribution in [2.45, 2.75) is 102 Å². The maximum absolute atomic E-state index is 16.1. The lowest BCUT2D eigenvalue weighted by atomic mass is 9.85. The van der Waals surface area contributed by atoms with Crippen molar-refractivity contribution in [2.75, 3.05) is 92.6 Å². The van der Waals surface area contributed by atoms with Gasteiger partial charge in [-0.25, -0.2) is 8.78 Å². The van der Waals surface area contributed by atoms with Crippen molar-refractivity contribution < 1.29 is 62.4 Å². The molecule has 43 heavy (non-hydrogen) atoms. The number of hydrogen-bond acceptors (Lipinski definition) is 11. The minimum absolute atomic E-state index is 0.0189. The van der Waals surface area contributed by atoms with Crippen LogP contribution in [0.1, 0.15) is 67.2 Å². The maximum atomic E-state index is 16.1. The molecule has 0 saturated heterocycles. The Morgan fingerprint density at radius 2 is 1.09 bits per heavy atom. The van der Waals surface area contributed by atoms with Gasteiger partial charge in [-0.05, 0) is 47.0 Å². The Labute approximate surface area is 257 Å². The molecule has 0 amide bonds. The van der Waals surface area contributed by atoms with Crippen LogP contribution in [0.15, 0.2) is 0 Å². The van der Waals surface area contributed by atoms with E-state index in [1.807, 2.05) is 20.8 Å².